The molecule has 2 aromatic carbocycles. The first-order valence-corrected chi connectivity index (χ1v) is 10.9. The third-order valence-electron chi connectivity index (χ3n) is 4.34. The van der Waals surface area contributed by atoms with Crippen molar-refractivity contribution in [2.24, 2.45) is 0 Å². The molecule has 0 spiro atoms. The van der Waals surface area contributed by atoms with Crippen LogP contribution in [0, 0.1) is 12.7 Å². The predicted molar refractivity (Wildman–Crippen MR) is 120 cm³/mol. The number of rotatable bonds is 8. The Morgan fingerprint density at radius 2 is 1.74 bits per heavy atom. The summed E-state index contributed by atoms with van der Waals surface area (Å²) in [4.78, 5) is 24.6. The molecule has 2 amide bonds. The summed E-state index contributed by atoms with van der Waals surface area (Å²) in [7, 11) is 0. The fourth-order valence-corrected chi connectivity index (χ4v) is 3.76. The number of nitrogens with zero attached hydrogens (tertiary/aromatic N) is 3. The van der Waals surface area contributed by atoms with E-state index in [2.05, 4.69) is 20.8 Å². The quantitative estimate of drug-likeness (QED) is 0.488. The molecule has 2 N–H and O–H groups in total. The molecule has 1 aromatic heterocycles. The van der Waals surface area contributed by atoms with Crippen LogP contribution in [0.25, 0.3) is 0 Å². The standard InChI is InChI=1S/C21H21ClFN5O2S/c1-3-28-18(11-19(29)24-15-8-5-14(23)6-9-15)26-27-21(28)31-12-20(30)25-16-7-4-13(2)17(22)10-16/h4-10H,3,11-12H2,1-2H3,(H,24,29)(H,25,30). The third-order valence-corrected chi connectivity index (χ3v) is 5.72. The maximum Gasteiger partial charge on any atom is 0.234 e. The molecule has 0 atom stereocenters. The van der Waals surface area contributed by atoms with Gasteiger partial charge in [-0.15, -0.1) is 10.2 Å². The molecule has 0 aliphatic rings. The summed E-state index contributed by atoms with van der Waals surface area (Å²) >= 11 is 7.32. The molecule has 31 heavy (non-hydrogen) atoms. The van der Waals surface area contributed by atoms with Crippen LogP contribution < -0.4 is 10.6 Å². The molecular weight excluding hydrogens is 441 g/mol. The van der Waals surface area contributed by atoms with E-state index >= 15 is 0 Å². The van der Waals surface area contributed by atoms with Crippen molar-refractivity contribution in [1.82, 2.24) is 14.8 Å². The first kappa shape index (κ1) is 22.8. The summed E-state index contributed by atoms with van der Waals surface area (Å²) in [5.74, 6) is -0.258. The van der Waals surface area contributed by atoms with Crippen LogP contribution >= 0.6 is 23.4 Å². The van der Waals surface area contributed by atoms with Gasteiger partial charge in [0.1, 0.15) is 11.6 Å². The van der Waals surface area contributed by atoms with Gasteiger partial charge < -0.3 is 15.2 Å². The van der Waals surface area contributed by atoms with Gasteiger partial charge in [-0.2, -0.15) is 0 Å². The van der Waals surface area contributed by atoms with Gasteiger partial charge >= 0.3 is 0 Å². The highest BCUT2D eigenvalue weighted by Crippen LogP contribution is 2.21. The molecule has 0 radical (unpaired) electrons. The zero-order valence-corrected chi connectivity index (χ0v) is 18.6. The maximum absolute atomic E-state index is 13.0. The molecule has 0 bridgehead atoms. The number of carbonyl (C=O) groups excluding carboxylic acids is 2. The third kappa shape index (κ3) is 6.28. The molecule has 0 fully saturated rings. The summed E-state index contributed by atoms with van der Waals surface area (Å²) in [6.07, 6.45) is 0.00678. The van der Waals surface area contributed by atoms with Crippen molar-refractivity contribution in [3.05, 3.63) is 64.7 Å². The number of carbonyl (C=O) groups is 2. The lowest BCUT2D eigenvalue weighted by Gasteiger charge is -2.09. The van der Waals surface area contributed by atoms with Crippen LogP contribution in [0.15, 0.2) is 47.6 Å². The number of halogens is 2. The Hall–Kier alpha value is -2.91. The predicted octanol–water partition coefficient (Wildman–Crippen LogP) is 4.31. The van der Waals surface area contributed by atoms with Crippen molar-refractivity contribution in [2.75, 3.05) is 16.4 Å². The van der Waals surface area contributed by atoms with Gasteiger partial charge in [-0.3, -0.25) is 9.59 Å². The Kier molecular flexibility index (Phi) is 7.64. The van der Waals surface area contributed by atoms with Crippen molar-refractivity contribution in [2.45, 2.75) is 32.0 Å². The Bertz CT molecular complexity index is 1090. The molecule has 7 nitrogen and oxygen atoms in total. The minimum atomic E-state index is -0.375. The fraction of sp³-hybridized carbons (Fsp3) is 0.238. The highest BCUT2D eigenvalue weighted by Gasteiger charge is 2.16. The van der Waals surface area contributed by atoms with Crippen LogP contribution in [0.1, 0.15) is 18.3 Å². The maximum atomic E-state index is 13.0. The van der Waals surface area contributed by atoms with E-state index in [9.17, 15) is 14.0 Å². The van der Waals surface area contributed by atoms with Crippen LogP contribution in [-0.4, -0.2) is 32.3 Å². The van der Waals surface area contributed by atoms with Gasteiger partial charge in [0.15, 0.2) is 5.16 Å². The van der Waals surface area contributed by atoms with Crippen molar-refractivity contribution in [3.63, 3.8) is 0 Å². The van der Waals surface area contributed by atoms with E-state index in [0.29, 0.717) is 33.9 Å². The molecule has 0 saturated carbocycles. The average Bonchev–Trinajstić information content (AvgIpc) is 3.12. The number of amides is 2. The Labute approximate surface area is 188 Å². The number of nitrogens with one attached hydrogen (secondary N) is 2. The van der Waals surface area contributed by atoms with Crippen molar-refractivity contribution in [3.8, 4) is 0 Å². The second-order valence-electron chi connectivity index (χ2n) is 6.68. The summed E-state index contributed by atoms with van der Waals surface area (Å²) < 4.78 is 14.8. The molecule has 3 rings (SSSR count). The molecule has 0 aliphatic carbocycles. The number of hydrogen-bond donors (Lipinski definition) is 2. The van der Waals surface area contributed by atoms with Crippen LogP contribution in [0.3, 0.4) is 0 Å². The number of thioether (sulfide) groups is 1. The number of hydrogen-bond acceptors (Lipinski definition) is 5. The van der Waals surface area contributed by atoms with E-state index in [1.165, 1.54) is 36.0 Å². The highest BCUT2D eigenvalue weighted by molar-refractivity contribution is 7.99. The van der Waals surface area contributed by atoms with E-state index in [1.54, 1.807) is 16.7 Å². The van der Waals surface area contributed by atoms with Crippen molar-refractivity contribution < 1.29 is 14.0 Å². The first-order valence-electron chi connectivity index (χ1n) is 9.52. The zero-order chi connectivity index (χ0) is 22.4. The van der Waals surface area contributed by atoms with Crippen molar-refractivity contribution in [1.29, 1.82) is 0 Å². The van der Waals surface area contributed by atoms with Gasteiger partial charge in [-0.05, 0) is 55.8 Å². The van der Waals surface area contributed by atoms with E-state index in [0.717, 1.165) is 5.56 Å². The Morgan fingerprint density at radius 3 is 2.42 bits per heavy atom. The molecular formula is C21H21ClFN5O2S. The van der Waals surface area contributed by atoms with Gasteiger partial charge in [0.05, 0.1) is 12.2 Å². The van der Waals surface area contributed by atoms with Crippen LogP contribution in [0.4, 0.5) is 15.8 Å². The SMILES string of the molecule is CCn1c(CC(=O)Nc2ccc(F)cc2)nnc1SCC(=O)Nc1ccc(C)c(Cl)c1. The van der Waals surface area contributed by atoms with E-state index < -0.39 is 0 Å². The summed E-state index contributed by atoms with van der Waals surface area (Å²) in [5, 5.41) is 14.8. The first-order chi connectivity index (χ1) is 14.9. The van der Waals surface area contributed by atoms with Gasteiger partial charge in [0, 0.05) is 22.9 Å². The highest BCUT2D eigenvalue weighted by atomic mass is 35.5. The van der Waals surface area contributed by atoms with E-state index in [-0.39, 0.29) is 29.8 Å². The lowest BCUT2D eigenvalue weighted by atomic mass is 10.2. The summed E-state index contributed by atoms with van der Waals surface area (Å²) in [6, 6.07) is 10.8. The monoisotopic (exact) mass is 461 g/mol. The molecule has 10 heteroatoms. The second-order valence-corrected chi connectivity index (χ2v) is 8.03. The zero-order valence-electron chi connectivity index (χ0n) is 17.0. The molecule has 0 aliphatic heterocycles. The number of aryl methyl sites for hydroxylation is 1. The molecule has 1 heterocycles. The number of aromatic nitrogens is 3. The van der Waals surface area contributed by atoms with E-state index in [1.807, 2.05) is 19.9 Å². The Morgan fingerprint density at radius 1 is 1.06 bits per heavy atom. The van der Waals surface area contributed by atoms with Gasteiger partial charge in [0.2, 0.25) is 11.8 Å². The van der Waals surface area contributed by atoms with Gasteiger partial charge in [-0.1, -0.05) is 29.4 Å². The average molecular weight is 462 g/mol. The minimum Gasteiger partial charge on any atom is -0.326 e. The van der Waals surface area contributed by atoms with Crippen molar-refractivity contribution >= 4 is 46.6 Å². The molecule has 0 saturated heterocycles. The number of anilines is 2. The van der Waals surface area contributed by atoms with E-state index in [4.69, 9.17) is 11.6 Å². The second kappa shape index (κ2) is 10.4. The largest absolute Gasteiger partial charge is 0.326 e. The molecule has 162 valence electrons. The van der Waals surface area contributed by atoms with Gasteiger partial charge in [0.25, 0.3) is 0 Å². The summed E-state index contributed by atoms with van der Waals surface area (Å²) in [6.45, 7) is 4.34. The smallest absolute Gasteiger partial charge is 0.234 e. The number of benzene rings is 2. The normalized spacial score (nSPS) is 10.7. The van der Waals surface area contributed by atoms with Crippen LogP contribution in [-0.2, 0) is 22.6 Å². The fourth-order valence-electron chi connectivity index (χ4n) is 2.75. The molecule has 0 unspecified atom stereocenters. The van der Waals surface area contributed by atoms with Crippen LogP contribution in [0.2, 0.25) is 5.02 Å². The van der Waals surface area contributed by atoms with Gasteiger partial charge in [-0.25, -0.2) is 4.39 Å². The lowest BCUT2D eigenvalue weighted by molar-refractivity contribution is -0.116. The topological polar surface area (TPSA) is 88.9 Å². The minimum absolute atomic E-state index is 0.00678. The Balaban J connectivity index is 1.57. The van der Waals surface area contributed by atoms with Crippen LogP contribution in [0.5, 0.6) is 0 Å². The molecule has 3 aromatic rings. The lowest BCUT2D eigenvalue weighted by Crippen LogP contribution is -2.18. The summed E-state index contributed by atoms with van der Waals surface area (Å²) in [5.41, 5.74) is 2.05.